The maximum Gasteiger partial charge on any atom is 0.265 e. The van der Waals surface area contributed by atoms with Gasteiger partial charge in [0.05, 0.1) is 48.9 Å². The number of nitrogens with zero attached hydrogens (tertiary/aromatic N) is 4. The van der Waals surface area contributed by atoms with E-state index in [1.165, 1.54) is 4.31 Å². The van der Waals surface area contributed by atoms with E-state index in [-0.39, 0.29) is 23.4 Å². The van der Waals surface area contributed by atoms with E-state index in [9.17, 15) is 13.2 Å². The highest BCUT2D eigenvalue weighted by atomic mass is 32.2. The summed E-state index contributed by atoms with van der Waals surface area (Å²) in [6.07, 6.45) is 0.894. The van der Waals surface area contributed by atoms with Gasteiger partial charge in [-0.15, -0.1) is 0 Å². The van der Waals surface area contributed by atoms with Crippen LogP contribution in [0, 0.1) is 0 Å². The highest BCUT2D eigenvalue weighted by molar-refractivity contribution is 7.89. The lowest BCUT2D eigenvalue weighted by Crippen LogP contribution is -2.40. The molecular weight excluding hydrogens is 556 g/mol. The largest absolute Gasteiger partial charge is 0.497 e. The Morgan fingerprint density at radius 3 is 2.19 bits per heavy atom. The fourth-order valence-electron chi connectivity index (χ4n) is 5.11. The zero-order chi connectivity index (χ0) is 29.5. The summed E-state index contributed by atoms with van der Waals surface area (Å²) < 4.78 is 46.8. The first kappa shape index (κ1) is 29.7. The minimum absolute atomic E-state index is 0.151. The van der Waals surface area contributed by atoms with Crippen LogP contribution in [0.15, 0.2) is 82.5 Å². The van der Waals surface area contributed by atoms with Gasteiger partial charge in [0.1, 0.15) is 17.3 Å². The number of hydrogen-bond acceptors (Lipinski definition) is 8. The molecule has 0 atom stereocenters. The molecule has 1 fully saturated rings. The minimum Gasteiger partial charge on any atom is -0.497 e. The van der Waals surface area contributed by atoms with Crippen molar-refractivity contribution in [3.05, 3.63) is 89.0 Å². The van der Waals surface area contributed by atoms with Crippen molar-refractivity contribution < 1.29 is 22.6 Å². The van der Waals surface area contributed by atoms with E-state index in [1.54, 1.807) is 85.5 Å². The third-order valence-electron chi connectivity index (χ3n) is 7.44. The second-order valence-electron chi connectivity index (χ2n) is 10.0. The lowest BCUT2D eigenvalue weighted by atomic mass is 10.2. The van der Waals surface area contributed by atoms with Crippen LogP contribution in [0.2, 0.25) is 0 Å². The molecule has 222 valence electrons. The molecule has 0 unspecified atom stereocenters. The van der Waals surface area contributed by atoms with Gasteiger partial charge < -0.3 is 14.2 Å². The van der Waals surface area contributed by atoms with E-state index >= 15 is 0 Å². The molecule has 0 radical (unpaired) electrons. The van der Waals surface area contributed by atoms with E-state index in [1.807, 2.05) is 6.07 Å². The highest BCUT2D eigenvalue weighted by Gasteiger charge is 2.26. The van der Waals surface area contributed by atoms with Gasteiger partial charge in [-0.1, -0.05) is 12.1 Å². The summed E-state index contributed by atoms with van der Waals surface area (Å²) >= 11 is 0. The molecule has 0 saturated carbocycles. The number of ether oxygens (including phenoxy) is 3. The van der Waals surface area contributed by atoms with Crippen molar-refractivity contribution in [1.82, 2.24) is 18.8 Å². The van der Waals surface area contributed by atoms with Gasteiger partial charge in [-0.25, -0.2) is 13.4 Å². The van der Waals surface area contributed by atoms with Crippen LogP contribution in [0.1, 0.15) is 12.2 Å². The number of morpholine rings is 1. The van der Waals surface area contributed by atoms with Crippen LogP contribution < -0.4 is 15.0 Å². The van der Waals surface area contributed by atoms with Crippen molar-refractivity contribution in [2.24, 2.45) is 0 Å². The lowest BCUT2D eigenvalue weighted by molar-refractivity contribution is 0.0369. The Morgan fingerprint density at radius 1 is 0.881 bits per heavy atom. The Labute approximate surface area is 246 Å². The summed E-state index contributed by atoms with van der Waals surface area (Å²) in [5, 5.41) is 0.491. The summed E-state index contributed by atoms with van der Waals surface area (Å²) in [4.78, 5) is 21.0. The molecule has 1 aliphatic heterocycles. The molecule has 11 heteroatoms. The van der Waals surface area contributed by atoms with Gasteiger partial charge in [0.2, 0.25) is 10.0 Å². The van der Waals surface area contributed by atoms with Gasteiger partial charge in [-0.05, 0) is 73.6 Å². The molecule has 1 aromatic heterocycles. The summed E-state index contributed by atoms with van der Waals surface area (Å²) in [7, 11) is -0.709. The van der Waals surface area contributed by atoms with Crippen LogP contribution in [0.4, 0.5) is 0 Å². The number of sulfonamides is 1. The van der Waals surface area contributed by atoms with E-state index in [0.29, 0.717) is 60.1 Å². The molecule has 2 heterocycles. The van der Waals surface area contributed by atoms with Crippen LogP contribution in [0.5, 0.6) is 11.5 Å². The molecule has 1 aliphatic rings. The monoisotopic (exact) mass is 592 g/mol. The molecular formula is C31H36N4O6S. The second-order valence-corrected chi connectivity index (χ2v) is 12.0. The zero-order valence-corrected chi connectivity index (χ0v) is 24.8. The molecule has 1 saturated heterocycles. The van der Waals surface area contributed by atoms with Crippen LogP contribution >= 0.6 is 0 Å². The maximum absolute atomic E-state index is 13.9. The SMILES string of the molecule is COc1ccc(-n2c(CCN(CCCN3CCOCC3)S(=O)(=O)c3ccc(OC)cc3)nc3ccccc3c2=O)cc1. The van der Waals surface area contributed by atoms with Crippen molar-refractivity contribution in [2.45, 2.75) is 17.7 Å². The summed E-state index contributed by atoms with van der Waals surface area (Å²) in [6, 6.07) is 20.8. The molecule has 0 amide bonds. The van der Waals surface area contributed by atoms with Gasteiger partial charge in [-0.3, -0.25) is 14.3 Å². The molecule has 5 rings (SSSR count). The third-order valence-corrected chi connectivity index (χ3v) is 9.36. The number of rotatable bonds is 12. The normalized spacial score (nSPS) is 14.4. The fourth-order valence-corrected chi connectivity index (χ4v) is 6.59. The van der Waals surface area contributed by atoms with E-state index in [2.05, 4.69) is 4.90 Å². The predicted octanol–water partition coefficient (Wildman–Crippen LogP) is 3.36. The molecule has 10 nitrogen and oxygen atoms in total. The molecule has 0 N–H and O–H groups in total. The molecule has 42 heavy (non-hydrogen) atoms. The summed E-state index contributed by atoms with van der Waals surface area (Å²) in [5.41, 5.74) is 0.989. The molecule has 3 aromatic carbocycles. The first-order chi connectivity index (χ1) is 20.4. The van der Waals surface area contributed by atoms with Crippen LogP contribution in [-0.4, -0.2) is 87.3 Å². The van der Waals surface area contributed by atoms with Gasteiger partial charge in [0.15, 0.2) is 0 Å². The topological polar surface area (TPSA) is 103 Å². The predicted molar refractivity (Wildman–Crippen MR) is 161 cm³/mol. The van der Waals surface area contributed by atoms with Crippen LogP contribution in [-0.2, 0) is 21.2 Å². The van der Waals surface area contributed by atoms with Gasteiger partial charge >= 0.3 is 0 Å². The highest BCUT2D eigenvalue weighted by Crippen LogP contribution is 2.22. The van der Waals surface area contributed by atoms with Crippen molar-refractivity contribution in [3.8, 4) is 17.2 Å². The Balaban J connectivity index is 1.47. The number of methoxy groups -OCH3 is 2. The first-order valence-corrected chi connectivity index (χ1v) is 15.4. The third kappa shape index (κ3) is 6.65. The van der Waals surface area contributed by atoms with E-state index < -0.39 is 10.0 Å². The second kappa shape index (κ2) is 13.5. The van der Waals surface area contributed by atoms with Crippen molar-refractivity contribution in [3.63, 3.8) is 0 Å². The quantitative estimate of drug-likeness (QED) is 0.247. The molecule has 0 spiro atoms. The van der Waals surface area contributed by atoms with Gasteiger partial charge in [0, 0.05) is 32.6 Å². The lowest BCUT2D eigenvalue weighted by Gasteiger charge is -2.28. The Bertz CT molecular complexity index is 1650. The van der Waals surface area contributed by atoms with Gasteiger partial charge in [-0.2, -0.15) is 4.31 Å². The number of aromatic nitrogens is 2. The average Bonchev–Trinajstić information content (AvgIpc) is 3.03. The van der Waals surface area contributed by atoms with Crippen molar-refractivity contribution >= 4 is 20.9 Å². The first-order valence-electron chi connectivity index (χ1n) is 14.0. The number of para-hydroxylation sites is 1. The van der Waals surface area contributed by atoms with E-state index in [0.717, 1.165) is 19.6 Å². The summed E-state index contributed by atoms with van der Waals surface area (Å²) in [5.74, 6) is 1.72. The number of benzene rings is 3. The number of hydrogen-bond donors (Lipinski definition) is 0. The smallest absolute Gasteiger partial charge is 0.265 e. The van der Waals surface area contributed by atoms with Crippen molar-refractivity contribution in [2.75, 3.05) is 60.2 Å². The Hall–Kier alpha value is -3.77. The summed E-state index contributed by atoms with van der Waals surface area (Å²) in [6.45, 7) is 4.28. The molecule has 0 bridgehead atoms. The van der Waals surface area contributed by atoms with Gasteiger partial charge in [0.25, 0.3) is 5.56 Å². The fraction of sp³-hybridized carbons (Fsp3) is 0.355. The standard InChI is InChI=1S/C31H36N4O6S/c1-39-25-10-8-24(9-11-25)35-30(32-29-7-4-3-6-28(29)31(35)36)16-19-34(18-5-17-33-20-22-41-23-21-33)42(37,38)27-14-12-26(40-2)13-15-27/h3-4,6-15H,5,16-23H2,1-2H3. The maximum atomic E-state index is 13.9. The Morgan fingerprint density at radius 2 is 1.52 bits per heavy atom. The van der Waals surface area contributed by atoms with E-state index in [4.69, 9.17) is 19.2 Å². The average molecular weight is 593 g/mol. The zero-order valence-electron chi connectivity index (χ0n) is 23.9. The number of fused-ring (bicyclic) bond motifs is 1. The van der Waals surface area contributed by atoms with Crippen LogP contribution in [0.25, 0.3) is 16.6 Å². The minimum atomic E-state index is -3.84. The van der Waals surface area contributed by atoms with Crippen LogP contribution in [0.3, 0.4) is 0 Å². The molecule has 0 aliphatic carbocycles. The molecule has 4 aromatic rings. The van der Waals surface area contributed by atoms with Crippen molar-refractivity contribution in [1.29, 1.82) is 0 Å². The Kier molecular flexibility index (Phi) is 9.53.